The quantitative estimate of drug-likeness (QED) is 0.796. The van der Waals surface area contributed by atoms with Crippen molar-refractivity contribution in [3.05, 3.63) is 23.5 Å². The average Bonchev–Trinajstić information content (AvgIpc) is 2.82. The zero-order valence-electron chi connectivity index (χ0n) is 11.1. The van der Waals surface area contributed by atoms with Crippen LogP contribution in [0.15, 0.2) is 28.5 Å². The van der Waals surface area contributed by atoms with Crippen LogP contribution in [0.4, 0.5) is 0 Å². The topological polar surface area (TPSA) is 36.9 Å². The summed E-state index contributed by atoms with van der Waals surface area (Å²) in [6.45, 7) is 8.02. The molecular weight excluding hydrogens is 226 g/mol. The molecule has 98 valence electrons. The lowest BCUT2D eigenvalue weighted by Gasteiger charge is -2.32. The third-order valence-electron chi connectivity index (χ3n) is 3.78. The van der Waals surface area contributed by atoms with Crippen LogP contribution in [0.2, 0.25) is 0 Å². The van der Waals surface area contributed by atoms with E-state index in [1.54, 1.807) is 0 Å². The Morgan fingerprint density at radius 2 is 2.11 bits per heavy atom. The number of rotatable bonds is 2. The molecule has 3 aliphatic rings. The van der Waals surface area contributed by atoms with Gasteiger partial charge in [-0.25, -0.2) is 0 Å². The molecule has 0 aliphatic carbocycles. The van der Waals surface area contributed by atoms with Gasteiger partial charge in [-0.15, -0.1) is 0 Å². The van der Waals surface area contributed by atoms with Gasteiger partial charge in [-0.1, -0.05) is 13.8 Å². The minimum atomic E-state index is 0.284. The fourth-order valence-electron chi connectivity index (χ4n) is 2.65. The summed E-state index contributed by atoms with van der Waals surface area (Å²) in [5.41, 5.74) is 2.56. The third-order valence-corrected chi connectivity index (χ3v) is 3.78. The first kappa shape index (κ1) is 11.8. The van der Waals surface area contributed by atoms with Gasteiger partial charge in [0.1, 0.15) is 0 Å². The number of allylic oxidation sites excluding steroid dienone is 2. The molecular formula is C14H21N3O. The van der Waals surface area contributed by atoms with E-state index in [1.807, 2.05) is 6.21 Å². The molecule has 0 spiro atoms. The molecule has 3 heterocycles. The van der Waals surface area contributed by atoms with Crippen LogP contribution >= 0.6 is 0 Å². The van der Waals surface area contributed by atoms with Crippen molar-refractivity contribution >= 4 is 6.21 Å². The minimum absolute atomic E-state index is 0.284. The van der Waals surface area contributed by atoms with E-state index >= 15 is 0 Å². The van der Waals surface area contributed by atoms with E-state index in [9.17, 15) is 0 Å². The summed E-state index contributed by atoms with van der Waals surface area (Å²) in [4.78, 5) is 7.03. The molecule has 0 aromatic carbocycles. The van der Waals surface area contributed by atoms with E-state index in [4.69, 9.17) is 4.74 Å². The van der Waals surface area contributed by atoms with Crippen LogP contribution in [0, 0.1) is 5.92 Å². The Balaban J connectivity index is 1.71. The van der Waals surface area contributed by atoms with Crippen molar-refractivity contribution in [3.63, 3.8) is 0 Å². The van der Waals surface area contributed by atoms with Gasteiger partial charge in [-0.05, 0) is 18.1 Å². The highest BCUT2D eigenvalue weighted by molar-refractivity contribution is 5.80. The number of hydrogen-bond donors (Lipinski definition) is 1. The van der Waals surface area contributed by atoms with Gasteiger partial charge in [0, 0.05) is 25.0 Å². The van der Waals surface area contributed by atoms with E-state index in [2.05, 4.69) is 41.2 Å². The number of fused-ring (bicyclic) bond motifs is 1. The number of morpholine rings is 1. The van der Waals surface area contributed by atoms with Gasteiger partial charge >= 0.3 is 0 Å². The molecule has 3 rings (SSSR count). The predicted molar refractivity (Wildman–Crippen MR) is 72.6 cm³/mol. The van der Waals surface area contributed by atoms with Gasteiger partial charge in [0.15, 0.2) is 0 Å². The Morgan fingerprint density at radius 3 is 2.83 bits per heavy atom. The molecule has 2 unspecified atom stereocenters. The Hall–Kier alpha value is -1.29. The molecule has 0 bridgehead atoms. The largest absolute Gasteiger partial charge is 0.380 e. The molecule has 2 atom stereocenters. The maximum absolute atomic E-state index is 5.39. The van der Waals surface area contributed by atoms with Crippen molar-refractivity contribution in [2.24, 2.45) is 10.9 Å². The van der Waals surface area contributed by atoms with Crippen LogP contribution < -0.4 is 5.32 Å². The van der Waals surface area contributed by atoms with Gasteiger partial charge in [-0.3, -0.25) is 4.99 Å². The van der Waals surface area contributed by atoms with Crippen LogP contribution in [0.25, 0.3) is 0 Å². The highest BCUT2D eigenvalue weighted by Crippen LogP contribution is 2.24. The molecule has 1 saturated heterocycles. The molecule has 0 saturated carbocycles. The van der Waals surface area contributed by atoms with E-state index in [0.717, 1.165) is 26.3 Å². The van der Waals surface area contributed by atoms with Crippen molar-refractivity contribution < 1.29 is 4.74 Å². The molecule has 3 aliphatic heterocycles. The van der Waals surface area contributed by atoms with E-state index in [1.165, 1.54) is 11.4 Å². The number of hydrogen-bond acceptors (Lipinski definition) is 4. The summed E-state index contributed by atoms with van der Waals surface area (Å²) in [5.74, 6) is 0.547. The second kappa shape index (κ2) is 4.76. The second-order valence-electron chi connectivity index (χ2n) is 5.41. The fourth-order valence-corrected chi connectivity index (χ4v) is 2.65. The average molecular weight is 247 g/mol. The SMILES string of the molecule is CC(C)C1=CC2N=CC(N3CCOCC3)=CC2N1. The lowest BCUT2D eigenvalue weighted by Crippen LogP contribution is -2.40. The maximum Gasteiger partial charge on any atom is 0.0938 e. The third kappa shape index (κ3) is 2.17. The Kier molecular flexibility index (Phi) is 3.12. The van der Waals surface area contributed by atoms with Gasteiger partial charge in [0.05, 0.1) is 31.0 Å². The van der Waals surface area contributed by atoms with Crippen LogP contribution in [-0.2, 0) is 4.74 Å². The number of nitrogens with zero attached hydrogens (tertiary/aromatic N) is 2. The van der Waals surface area contributed by atoms with Gasteiger partial charge in [0.2, 0.25) is 0 Å². The number of dihydropyridines is 1. The first-order valence-electron chi connectivity index (χ1n) is 6.80. The number of ether oxygens (including phenoxy) is 1. The Bertz CT molecular complexity index is 405. The molecule has 4 nitrogen and oxygen atoms in total. The molecule has 4 heteroatoms. The zero-order valence-corrected chi connectivity index (χ0v) is 11.1. The highest BCUT2D eigenvalue weighted by atomic mass is 16.5. The van der Waals surface area contributed by atoms with Crippen molar-refractivity contribution in [1.82, 2.24) is 10.2 Å². The normalized spacial score (nSPS) is 30.9. The van der Waals surface area contributed by atoms with E-state index < -0.39 is 0 Å². The molecule has 0 radical (unpaired) electrons. The van der Waals surface area contributed by atoms with Crippen molar-refractivity contribution in [3.8, 4) is 0 Å². The summed E-state index contributed by atoms with van der Waals surface area (Å²) >= 11 is 0. The smallest absolute Gasteiger partial charge is 0.0938 e. The summed E-state index contributed by atoms with van der Waals surface area (Å²) in [7, 11) is 0. The van der Waals surface area contributed by atoms with Gasteiger partial charge in [-0.2, -0.15) is 0 Å². The lowest BCUT2D eigenvalue weighted by atomic mass is 10.1. The van der Waals surface area contributed by atoms with Gasteiger partial charge in [0.25, 0.3) is 0 Å². The van der Waals surface area contributed by atoms with Gasteiger partial charge < -0.3 is 15.0 Å². The van der Waals surface area contributed by atoms with E-state index in [0.29, 0.717) is 12.0 Å². The number of aliphatic imine (C=N–C) groups is 1. The van der Waals surface area contributed by atoms with E-state index in [-0.39, 0.29) is 6.04 Å². The first-order valence-corrected chi connectivity index (χ1v) is 6.80. The van der Waals surface area contributed by atoms with Crippen molar-refractivity contribution in [2.45, 2.75) is 25.9 Å². The molecule has 18 heavy (non-hydrogen) atoms. The van der Waals surface area contributed by atoms with Crippen LogP contribution in [0.5, 0.6) is 0 Å². The number of nitrogens with one attached hydrogen (secondary N) is 1. The monoisotopic (exact) mass is 247 g/mol. The maximum atomic E-state index is 5.39. The Morgan fingerprint density at radius 1 is 1.33 bits per heavy atom. The Labute approximate surface area is 108 Å². The van der Waals surface area contributed by atoms with Crippen LogP contribution in [0.1, 0.15) is 13.8 Å². The zero-order chi connectivity index (χ0) is 12.5. The van der Waals surface area contributed by atoms with Crippen LogP contribution in [0.3, 0.4) is 0 Å². The highest BCUT2D eigenvalue weighted by Gasteiger charge is 2.29. The van der Waals surface area contributed by atoms with Crippen molar-refractivity contribution in [2.75, 3.05) is 26.3 Å². The summed E-state index contributed by atoms with van der Waals surface area (Å²) in [5, 5.41) is 3.57. The molecule has 0 amide bonds. The standard InChI is InChI=1S/C14H21N3O/c1-10(2)12-8-13-14(16-12)7-11(9-15-13)17-3-5-18-6-4-17/h7-10,13-14,16H,3-6H2,1-2H3. The molecule has 1 fully saturated rings. The van der Waals surface area contributed by atoms with Crippen molar-refractivity contribution in [1.29, 1.82) is 0 Å². The van der Waals surface area contributed by atoms with Crippen LogP contribution in [-0.4, -0.2) is 49.5 Å². The summed E-state index contributed by atoms with van der Waals surface area (Å²) < 4.78 is 5.39. The minimum Gasteiger partial charge on any atom is -0.380 e. The second-order valence-corrected chi connectivity index (χ2v) is 5.41. The summed E-state index contributed by atoms with van der Waals surface area (Å²) in [6.07, 6.45) is 6.60. The predicted octanol–water partition coefficient (Wildman–Crippen LogP) is 1.17. The first-order chi connectivity index (χ1) is 8.74. The molecule has 0 aromatic heterocycles. The summed E-state index contributed by atoms with van der Waals surface area (Å²) in [6, 6.07) is 0.623. The lowest BCUT2D eigenvalue weighted by molar-refractivity contribution is 0.0563. The molecule has 0 aromatic rings. The fraction of sp³-hybridized carbons (Fsp3) is 0.643. The molecule has 1 N–H and O–H groups in total.